The summed E-state index contributed by atoms with van der Waals surface area (Å²) in [4.78, 5) is 21.8. The highest BCUT2D eigenvalue weighted by molar-refractivity contribution is 6.30. The molecule has 1 aliphatic heterocycles. The average Bonchev–Trinajstić information content (AvgIpc) is 3.17. The van der Waals surface area contributed by atoms with E-state index in [0.717, 1.165) is 36.5 Å². The van der Waals surface area contributed by atoms with Gasteiger partial charge in [0.1, 0.15) is 5.82 Å². The Morgan fingerprint density at radius 2 is 2.23 bits per heavy atom. The van der Waals surface area contributed by atoms with Crippen LogP contribution in [-0.4, -0.2) is 40.4 Å². The molecule has 116 valence electrons. The van der Waals surface area contributed by atoms with Gasteiger partial charge in [-0.1, -0.05) is 11.6 Å². The van der Waals surface area contributed by atoms with Crippen LogP contribution in [0.4, 0.5) is 0 Å². The number of carbonyl (C=O) groups excluding carboxylic acids is 1. The van der Waals surface area contributed by atoms with Gasteiger partial charge in [-0.25, -0.2) is 4.98 Å². The van der Waals surface area contributed by atoms with Gasteiger partial charge in [0.05, 0.1) is 6.04 Å². The summed E-state index contributed by atoms with van der Waals surface area (Å²) in [5.41, 5.74) is 2.01. The van der Waals surface area contributed by atoms with E-state index in [2.05, 4.69) is 20.2 Å². The van der Waals surface area contributed by atoms with Gasteiger partial charge in [0.15, 0.2) is 0 Å². The largest absolute Gasteiger partial charge is 0.358 e. The Bertz CT molecular complexity index is 652. The predicted molar refractivity (Wildman–Crippen MR) is 86.5 cm³/mol. The Morgan fingerprint density at radius 3 is 2.95 bits per heavy atom. The van der Waals surface area contributed by atoms with E-state index in [1.165, 1.54) is 0 Å². The number of nitrogens with one attached hydrogen (secondary N) is 2. The fourth-order valence-electron chi connectivity index (χ4n) is 2.89. The molecule has 1 aromatic carbocycles. The zero-order chi connectivity index (χ0) is 15.5. The number of H-pyrrole nitrogens is 1. The average molecular weight is 319 g/mol. The molecule has 0 radical (unpaired) electrons. The smallest absolute Gasteiger partial charge is 0.237 e. The van der Waals surface area contributed by atoms with Gasteiger partial charge < -0.3 is 10.3 Å². The Labute approximate surface area is 134 Å². The number of imidazole rings is 1. The maximum Gasteiger partial charge on any atom is 0.237 e. The molecule has 0 aliphatic carbocycles. The monoisotopic (exact) mass is 318 g/mol. The van der Waals surface area contributed by atoms with Crippen LogP contribution in [0.15, 0.2) is 30.5 Å². The summed E-state index contributed by atoms with van der Waals surface area (Å²) >= 11 is 5.90. The zero-order valence-electron chi connectivity index (χ0n) is 12.5. The Balaban J connectivity index is 1.71. The van der Waals surface area contributed by atoms with Crippen LogP contribution in [-0.2, 0) is 11.3 Å². The summed E-state index contributed by atoms with van der Waals surface area (Å²) in [6, 6.07) is 7.54. The van der Waals surface area contributed by atoms with Gasteiger partial charge >= 0.3 is 0 Å². The van der Waals surface area contributed by atoms with Crippen LogP contribution < -0.4 is 5.32 Å². The number of hydrogen-bond acceptors (Lipinski definition) is 3. The topological polar surface area (TPSA) is 61.0 Å². The van der Waals surface area contributed by atoms with E-state index in [-0.39, 0.29) is 11.9 Å². The quantitative estimate of drug-likeness (QED) is 0.910. The maximum absolute atomic E-state index is 11.9. The summed E-state index contributed by atoms with van der Waals surface area (Å²) in [6.45, 7) is 1.64. The molecule has 1 amide bonds. The summed E-state index contributed by atoms with van der Waals surface area (Å²) in [5.74, 6) is 0.914. The van der Waals surface area contributed by atoms with E-state index < -0.39 is 0 Å². The van der Waals surface area contributed by atoms with Crippen LogP contribution in [0.1, 0.15) is 18.5 Å². The highest BCUT2D eigenvalue weighted by Gasteiger charge is 2.30. The summed E-state index contributed by atoms with van der Waals surface area (Å²) in [6.07, 6.45) is 3.80. The highest BCUT2D eigenvalue weighted by Crippen LogP contribution is 2.22. The lowest BCUT2D eigenvalue weighted by Gasteiger charge is -2.22. The molecule has 1 atom stereocenters. The summed E-state index contributed by atoms with van der Waals surface area (Å²) in [5, 5.41) is 3.45. The number of carbonyl (C=O) groups is 1. The van der Waals surface area contributed by atoms with Crippen molar-refractivity contribution in [2.24, 2.45) is 0 Å². The molecule has 1 saturated heterocycles. The number of hydrogen-bond donors (Lipinski definition) is 2. The summed E-state index contributed by atoms with van der Waals surface area (Å²) in [7, 11) is 1.69. The number of nitrogens with zero attached hydrogens (tertiary/aromatic N) is 2. The molecule has 6 heteroatoms. The van der Waals surface area contributed by atoms with Crippen molar-refractivity contribution in [2.75, 3.05) is 13.6 Å². The predicted octanol–water partition coefficient (Wildman–Crippen LogP) is 2.44. The first-order valence-electron chi connectivity index (χ1n) is 7.43. The third-order valence-electron chi connectivity index (χ3n) is 4.03. The third kappa shape index (κ3) is 3.15. The van der Waals surface area contributed by atoms with Gasteiger partial charge in [-0.3, -0.25) is 9.69 Å². The minimum Gasteiger partial charge on any atom is -0.358 e. The molecule has 0 bridgehead atoms. The van der Waals surface area contributed by atoms with Crippen LogP contribution in [0.5, 0.6) is 0 Å². The van der Waals surface area contributed by atoms with Gasteiger partial charge in [0.25, 0.3) is 0 Å². The van der Waals surface area contributed by atoms with Gasteiger partial charge in [0.2, 0.25) is 5.91 Å². The number of halogens is 1. The lowest BCUT2D eigenvalue weighted by Crippen LogP contribution is -2.41. The number of rotatable bonds is 4. The van der Waals surface area contributed by atoms with Crippen molar-refractivity contribution in [1.29, 1.82) is 0 Å². The lowest BCUT2D eigenvalue weighted by molar-refractivity contribution is -0.125. The van der Waals surface area contributed by atoms with Gasteiger partial charge in [-0.15, -0.1) is 0 Å². The molecule has 1 aliphatic rings. The van der Waals surface area contributed by atoms with Crippen LogP contribution in [0.3, 0.4) is 0 Å². The van der Waals surface area contributed by atoms with Crippen LogP contribution >= 0.6 is 11.6 Å². The van der Waals surface area contributed by atoms with E-state index in [1.807, 2.05) is 30.5 Å². The van der Waals surface area contributed by atoms with Gasteiger partial charge in [-0.05, 0) is 43.7 Å². The van der Waals surface area contributed by atoms with E-state index in [0.29, 0.717) is 11.6 Å². The molecule has 1 unspecified atom stereocenters. The molecule has 3 rings (SSSR count). The van der Waals surface area contributed by atoms with E-state index in [9.17, 15) is 4.79 Å². The highest BCUT2D eigenvalue weighted by atomic mass is 35.5. The maximum atomic E-state index is 11.9. The Hall–Kier alpha value is -1.85. The van der Waals surface area contributed by atoms with E-state index in [1.54, 1.807) is 7.05 Å². The number of aromatic amines is 1. The Morgan fingerprint density at radius 1 is 1.45 bits per heavy atom. The Kier molecular flexibility index (Phi) is 4.45. The number of benzene rings is 1. The van der Waals surface area contributed by atoms with Crippen LogP contribution in [0.25, 0.3) is 11.4 Å². The molecule has 22 heavy (non-hydrogen) atoms. The molecule has 2 heterocycles. The molecule has 1 fully saturated rings. The second kappa shape index (κ2) is 6.50. The van der Waals surface area contributed by atoms with Crippen molar-refractivity contribution < 1.29 is 4.79 Å². The second-order valence-corrected chi connectivity index (χ2v) is 5.94. The number of aromatic nitrogens is 2. The van der Waals surface area contributed by atoms with E-state index in [4.69, 9.17) is 11.6 Å². The van der Waals surface area contributed by atoms with Gasteiger partial charge in [0, 0.05) is 36.1 Å². The number of likely N-dealkylation sites (tertiary alicyclic amines) is 1. The van der Waals surface area contributed by atoms with Crippen molar-refractivity contribution >= 4 is 17.5 Å². The molecular formula is C16H19ClN4O. The third-order valence-corrected chi connectivity index (χ3v) is 4.28. The molecule has 0 spiro atoms. The molecule has 2 N–H and O–H groups in total. The zero-order valence-corrected chi connectivity index (χ0v) is 13.2. The minimum absolute atomic E-state index is 0.0349. The molecular weight excluding hydrogens is 300 g/mol. The van der Waals surface area contributed by atoms with Crippen molar-refractivity contribution in [3.63, 3.8) is 0 Å². The molecule has 5 nitrogen and oxygen atoms in total. The standard InChI is InChI=1S/C16H19ClN4O/c1-18-16(22)14-3-2-8-21(14)10-13-9-19-15(20-13)11-4-6-12(17)7-5-11/h4-7,9,14H,2-3,8,10H2,1H3,(H,18,22)(H,19,20). The van der Waals surface area contributed by atoms with Crippen molar-refractivity contribution in [3.05, 3.63) is 41.2 Å². The first-order valence-corrected chi connectivity index (χ1v) is 7.80. The number of likely N-dealkylation sites (N-methyl/N-ethyl adjacent to an activating group) is 1. The van der Waals surface area contributed by atoms with Crippen LogP contribution in [0.2, 0.25) is 5.02 Å². The molecule has 2 aromatic rings. The first-order chi connectivity index (χ1) is 10.7. The first kappa shape index (κ1) is 15.1. The van der Waals surface area contributed by atoms with Crippen molar-refractivity contribution in [3.8, 4) is 11.4 Å². The van der Waals surface area contributed by atoms with E-state index >= 15 is 0 Å². The second-order valence-electron chi connectivity index (χ2n) is 5.51. The summed E-state index contributed by atoms with van der Waals surface area (Å²) < 4.78 is 0. The van der Waals surface area contributed by atoms with Gasteiger partial charge in [-0.2, -0.15) is 0 Å². The van der Waals surface area contributed by atoms with Crippen molar-refractivity contribution in [2.45, 2.75) is 25.4 Å². The van der Waals surface area contributed by atoms with Crippen molar-refractivity contribution in [1.82, 2.24) is 20.2 Å². The molecule has 1 aromatic heterocycles. The fourth-order valence-corrected chi connectivity index (χ4v) is 3.02. The fraction of sp³-hybridized carbons (Fsp3) is 0.375. The normalized spacial score (nSPS) is 18.5. The minimum atomic E-state index is -0.0349. The number of amides is 1. The SMILES string of the molecule is CNC(=O)C1CCCN1Cc1cnc(-c2ccc(Cl)cc2)[nH]1. The molecule has 0 saturated carbocycles. The lowest BCUT2D eigenvalue weighted by atomic mass is 10.2. The van der Waals surface area contributed by atoms with Crippen LogP contribution in [0, 0.1) is 0 Å².